The Morgan fingerprint density at radius 2 is 2.50 bits per heavy atom. The average molecular weight is 115 g/mol. The van der Waals surface area contributed by atoms with Crippen LogP contribution in [0.15, 0.2) is 0 Å². The van der Waals surface area contributed by atoms with Gasteiger partial charge in [0.2, 0.25) is 0 Å². The van der Waals surface area contributed by atoms with Gasteiger partial charge in [-0.05, 0) is 19.8 Å². The highest BCUT2D eigenvalue weighted by Gasteiger charge is 2.18. The van der Waals surface area contributed by atoms with Crippen molar-refractivity contribution in [3.8, 4) is 0 Å². The highest BCUT2D eigenvalue weighted by Crippen LogP contribution is 2.15. The molecular formula is C6H11O2. The van der Waals surface area contributed by atoms with E-state index in [0.717, 1.165) is 12.8 Å². The number of hydrogen-bond donors (Lipinski definition) is 1. The highest BCUT2D eigenvalue weighted by atomic mass is 16.5. The van der Waals surface area contributed by atoms with Gasteiger partial charge in [0.1, 0.15) is 0 Å². The second-order valence-corrected chi connectivity index (χ2v) is 2.15. The minimum Gasteiger partial charge on any atom is -0.390 e. The Kier molecular flexibility index (Phi) is 1.86. The van der Waals surface area contributed by atoms with E-state index in [1.54, 1.807) is 6.61 Å². The van der Waals surface area contributed by atoms with Gasteiger partial charge >= 0.3 is 0 Å². The standard InChI is InChI=1S/C6H11O2/c1-5-6(7)3-2-4-8-5/h4-7H,2-3H2,1H3/t5-,6-/m1/s1. The van der Waals surface area contributed by atoms with Crippen molar-refractivity contribution >= 4 is 0 Å². The molecule has 2 nitrogen and oxygen atoms in total. The van der Waals surface area contributed by atoms with Crippen molar-refractivity contribution in [2.24, 2.45) is 0 Å². The SMILES string of the molecule is C[C@H]1O[CH]CC[C@H]1O. The van der Waals surface area contributed by atoms with Crippen molar-refractivity contribution in [3.63, 3.8) is 0 Å². The van der Waals surface area contributed by atoms with Crippen LogP contribution in [0, 0.1) is 6.61 Å². The van der Waals surface area contributed by atoms with Gasteiger partial charge in [-0.15, -0.1) is 0 Å². The Balaban J connectivity index is 2.28. The van der Waals surface area contributed by atoms with Gasteiger partial charge < -0.3 is 9.84 Å². The summed E-state index contributed by atoms with van der Waals surface area (Å²) in [4.78, 5) is 0. The topological polar surface area (TPSA) is 29.5 Å². The van der Waals surface area contributed by atoms with Crippen LogP contribution in [0.5, 0.6) is 0 Å². The van der Waals surface area contributed by atoms with Gasteiger partial charge in [0.25, 0.3) is 0 Å². The first-order chi connectivity index (χ1) is 3.80. The summed E-state index contributed by atoms with van der Waals surface area (Å²) >= 11 is 0. The van der Waals surface area contributed by atoms with E-state index < -0.39 is 0 Å². The molecule has 1 saturated heterocycles. The molecule has 1 radical (unpaired) electrons. The molecule has 1 heterocycles. The molecule has 0 aromatic rings. The molecular weight excluding hydrogens is 104 g/mol. The van der Waals surface area contributed by atoms with Crippen molar-refractivity contribution in [1.82, 2.24) is 0 Å². The zero-order chi connectivity index (χ0) is 5.98. The fraction of sp³-hybridized carbons (Fsp3) is 0.833. The molecule has 0 spiro atoms. The lowest BCUT2D eigenvalue weighted by Gasteiger charge is -2.23. The number of aliphatic hydroxyl groups excluding tert-OH is 1. The number of rotatable bonds is 0. The fourth-order valence-corrected chi connectivity index (χ4v) is 0.784. The second-order valence-electron chi connectivity index (χ2n) is 2.15. The average Bonchev–Trinajstić information content (AvgIpc) is 1.77. The smallest absolute Gasteiger partial charge is 0.0842 e. The maximum Gasteiger partial charge on any atom is 0.0842 e. The third kappa shape index (κ3) is 1.20. The molecule has 0 aromatic carbocycles. The number of aliphatic hydroxyl groups is 1. The van der Waals surface area contributed by atoms with E-state index in [0.29, 0.717) is 0 Å². The van der Waals surface area contributed by atoms with Crippen molar-refractivity contribution in [2.45, 2.75) is 32.0 Å². The Hall–Kier alpha value is -0.0800. The highest BCUT2D eigenvalue weighted by molar-refractivity contribution is 4.73. The molecule has 2 heteroatoms. The van der Waals surface area contributed by atoms with E-state index >= 15 is 0 Å². The molecule has 0 saturated carbocycles. The normalized spacial score (nSPS) is 39.8. The monoisotopic (exact) mass is 115 g/mol. The molecule has 1 aliphatic rings. The molecule has 0 aliphatic carbocycles. The molecule has 8 heavy (non-hydrogen) atoms. The fourth-order valence-electron chi connectivity index (χ4n) is 0.784. The quantitative estimate of drug-likeness (QED) is 0.503. The molecule has 0 unspecified atom stereocenters. The van der Waals surface area contributed by atoms with Gasteiger partial charge in [-0.2, -0.15) is 0 Å². The van der Waals surface area contributed by atoms with Gasteiger partial charge in [-0.3, -0.25) is 0 Å². The van der Waals surface area contributed by atoms with Gasteiger partial charge in [-0.25, -0.2) is 0 Å². The summed E-state index contributed by atoms with van der Waals surface area (Å²) in [7, 11) is 0. The first-order valence-corrected chi connectivity index (χ1v) is 2.96. The summed E-state index contributed by atoms with van der Waals surface area (Å²) in [5.74, 6) is 0. The Labute approximate surface area is 49.5 Å². The van der Waals surface area contributed by atoms with Gasteiger partial charge in [-0.1, -0.05) is 0 Å². The minimum absolute atomic E-state index is 0.00347. The predicted molar refractivity (Wildman–Crippen MR) is 30.1 cm³/mol. The van der Waals surface area contributed by atoms with E-state index in [4.69, 9.17) is 9.84 Å². The van der Waals surface area contributed by atoms with Crippen LogP contribution >= 0.6 is 0 Å². The van der Waals surface area contributed by atoms with Crippen molar-refractivity contribution in [1.29, 1.82) is 0 Å². The molecule has 1 aliphatic heterocycles. The van der Waals surface area contributed by atoms with E-state index in [1.807, 2.05) is 6.92 Å². The largest absolute Gasteiger partial charge is 0.390 e. The van der Waals surface area contributed by atoms with Crippen LogP contribution in [0.2, 0.25) is 0 Å². The summed E-state index contributed by atoms with van der Waals surface area (Å²) < 4.78 is 5.02. The first kappa shape index (κ1) is 6.05. The summed E-state index contributed by atoms with van der Waals surface area (Å²) in [6.45, 7) is 3.64. The van der Waals surface area contributed by atoms with E-state index in [9.17, 15) is 0 Å². The molecule has 1 N–H and O–H groups in total. The maximum absolute atomic E-state index is 9.03. The zero-order valence-corrected chi connectivity index (χ0v) is 5.00. The van der Waals surface area contributed by atoms with Crippen LogP contribution in [0.3, 0.4) is 0 Å². The Bertz CT molecular complexity index is 62.9. The van der Waals surface area contributed by atoms with Crippen LogP contribution in [-0.2, 0) is 4.74 Å². The van der Waals surface area contributed by atoms with Gasteiger partial charge in [0.05, 0.1) is 18.8 Å². The third-order valence-electron chi connectivity index (χ3n) is 1.43. The van der Waals surface area contributed by atoms with Crippen LogP contribution in [0.25, 0.3) is 0 Å². The lowest BCUT2D eigenvalue weighted by molar-refractivity contribution is -0.0326. The number of hydrogen-bond acceptors (Lipinski definition) is 2. The minimum atomic E-state index is -0.250. The Morgan fingerprint density at radius 1 is 1.75 bits per heavy atom. The molecule has 47 valence electrons. The molecule has 0 aromatic heterocycles. The van der Waals surface area contributed by atoms with E-state index in [2.05, 4.69) is 0 Å². The lowest BCUT2D eigenvalue weighted by Crippen LogP contribution is -2.28. The summed E-state index contributed by atoms with van der Waals surface area (Å²) in [5.41, 5.74) is 0. The van der Waals surface area contributed by atoms with Crippen LogP contribution in [0.1, 0.15) is 19.8 Å². The van der Waals surface area contributed by atoms with Crippen molar-refractivity contribution < 1.29 is 9.84 Å². The van der Waals surface area contributed by atoms with Crippen molar-refractivity contribution in [3.05, 3.63) is 6.61 Å². The molecule has 1 rings (SSSR count). The second kappa shape index (κ2) is 2.46. The van der Waals surface area contributed by atoms with Crippen molar-refractivity contribution in [2.75, 3.05) is 0 Å². The summed E-state index contributed by atoms with van der Waals surface area (Å²) in [5, 5.41) is 9.03. The van der Waals surface area contributed by atoms with E-state index in [1.165, 1.54) is 0 Å². The van der Waals surface area contributed by atoms with Crippen LogP contribution in [0.4, 0.5) is 0 Å². The molecule has 1 fully saturated rings. The zero-order valence-electron chi connectivity index (χ0n) is 5.00. The molecule has 0 amide bonds. The lowest BCUT2D eigenvalue weighted by atomic mass is 10.1. The number of ether oxygens (including phenoxy) is 1. The van der Waals surface area contributed by atoms with Gasteiger partial charge in [0.15, 0.2) is 0 Å². The maximum atomic E-state index is 9.03. The van der Waals surface area contributed by atoms with Gasteiger partial charge in [0, 0.05) is 0 Å². The first-order valence-electron chi connectivity index (χ1n) is 2.96. The third-order valence-corrected chi connectivity index (χ3v) is 1.43. The van der Waals surface area contributed by atoms with E-state index in [-0.39, 0.29) is 12.2 Å². The van der Waals surface area contributed by atoms with Crippen LogP contribution < -0.4 is 0 Å². The molecule has 2 atom stereocenters. The summed E-state index contributed by atoms with van der Waals surface area (Å²) in [6.07, 6.45) is 1.48. The summed E-state index contributed by atoms with van der Waals surface area (Å²) in [6, 6.07) is 0. The Morgan fingerprint density at radius 3 is 2.88 bits per heavy atom. The predicted octanol–water partition coefficient (Wildman–Crippen LogP) is 0.708. The molecule has 0 bridgehead atoms. The van der Waals surface area contributed by atoms with Crippen LogP contribution in [-0.4, -0.2) is 17.3 Å².